The first-order valence-electron chi connectivity index (χ1n) is 12.5. The average Bonchev–Trinajstić information content (AvgIpc) is 2.83. The highest BCUT2D eigenvalue weighted by molar-refractivity contribution is 5.94. The summed E-state index contributed by atoms with van der Waals surface area (Å²) in [5.74, 6) is -2.08. The Morgan fingerprint density at radius 2 is 1.71 bits per heavy atom. The van der Waals surface area contributed by atoms with Gasteiger partial charge in [0.15, 0.2) is 0 Å². The quantitative estimate of drug-likeness (QED) is 0.353. The molecule has 10 heteroatoms. The number of phenols is 1. The molecule has 3 atom stereocenters. The molecule has 0 bridgehead atoms. The van der Waals surface area contributed by atoms with Crippen LogP contribution in [0, 0.1) is 0 Å². The Labute approximate surface area is 223 Å². The zero-order chi connectivity index (χ0) is 28.5. The largest absolute Gasteiger partial charge is 0.508 e. The van der Waals surface area contributed by atoms with Crippen LogP contribution in [0.3, 0.4) is 0 Å². The fourth-order valence-electron chi connectivity index (χ4n) is 3.84. The van der Waals surface area contributed by atoms with Crippen LogP contribution >= 0.6 is 0 Å². The van der Waals surface area contributed by atoms with Gasteiger partial charge in [-0.15, -0.1) is 0 Å². The lowest BCUT2D eigenvalue weighted by atomic mass is 9.99. The number of benzene rings is 2. The number of nitrogens with two attached hydrogens (primary N) is 1. The second-order valence-electron chi connectivity index (χ2n) is 10.1. The van der Waals surface area contributed by atoms with Crippen LogP contribution < -0.4 is 16.4 Å². The van der Waals surface area contributed by atoms with Gasteiger partial charge in [0, 0.05) is 12.6 Å². The molecule has 0 spiro atoms. The molecule has 0 saturated carbocycles. The lowest BCUT2D eigenvalue weighted by Gasteiger charge is -2.38. The summed E-state index contributed by atoms with van der Waals surface area (Å²) in [6.45, 7) is 8.80. The first kappa shape index (κ1) is 30.1. The number of nitrogens with zero attached hydrogens (tertiary/aromatic N) is 1. The van der Waals surface area contributed by atoms with E-state index in [0.717, 1.165) is 5.56 Å². The van der Waals surface area contributed by atoms with E-state index in [9.17, 15) is 24.3 Å². The Morgan fingerprint density at radius 3 is 2.26 bits per heavy atom. The number of carbonyl (C=O) groups excluding carboxylic acids is 4. The molecular weight excluding hydrogens is 488 g/mol. The minimum atomic E-state index is -1.38. The standard InChI is InChI=1S/C28H38N4O6/c1-6-18(2)32(26(36)22(16-23(29)34)31-27(37)38-28(3,4)5)24(20-13-10-14-21(33)15-20)25(35)30-17-19-11-8-7-9-12-19/h7-15,18,22,24,33H,6,16-17H2,1-5H3,(H2,29,34)(H,30,35)(H,31,37). The highest BCUT2D eigenvalue weighted by Crippen LogP contribution is 2.28. The third kappa shape index (κ3) is 9.10. The molecule has 5 N–H and O–H groups in total. The van der Waals surface area contributed by atoms with Crippen molar-refractivity contribution in [3.05, 3.63) is 65.7 Å². The van der Waals surface area contributed by atoms with Gasteiger partial charge in [0.1, 0.15) is 23.4 Å². The molecule has 3 unspecified atom stereocenters. The first-order chi connectivity index (χ1) is 17.8. The van der Waals surface area contributed by atoms with Gasteiger partial charge in [0.05, 0.1) is 6.42 Å². The number of carbonyl (C=O) groups is 4. The number of nitrogens with one attached hydrogen (secondary N) is 2. The van der Waals surface area contributed by atoms with E-state index >= 15 is 0 Å². The van der Waals surface area contributed by atoms with E-state index in [4.69, 9.17) is 10.5 Å². The third-order valence-electron chi connectivity index (χ3n) is 5.74. The fraction of sp³-hybridized carbons (Fsp3) is 0.429. The number of phenolic OH excluding ortho intramolecular Hbond substituents is 1. The molecule has 2 aromatic carbocycles. The van der Waals surface area contributed by atoms with E-state index in [1.807, 2.05) is 37.3 Å². The molecule has 0 aliphatic carbocycles. The van der Waals surface area contributed by atoms with E-state index in [2.05, 4.69) is 10.6 Å². The van der Waals surface area contributed by atoms with Gasteiger partial charge in [-0.2, -0.15) is 0 Å². The maximum absolute atomic E-state index is 14.0. The summed E-state index contributed by atoms with van der Waals surface area (Å²) in [5.41, 5.74) is 5.78. The van der Waals surface area contributed by atoms with Crippen LogP contribution in [0.1, 0.15) is 64.6 Å². The van der Waals surface area contributed by atoms with Crippen molar-refractivity contribution in [1.29, 1.82) is 0 Å². The zero-order valence-corrected chi connectivity index (χ0v) is 22.6. The van der Waals surface area contributed by atoms with Gasteiger partial charge >= 0.3 is 6.09 Å². The molecule has 0 aliphatic rings. The predicted octanol–water partition coefficient (Wildman–Crippen LogP) is 3.15. The molecule has 10 nitrogen and oxygen atoms in total. The van der Waals surface area contributed by atoms with Gasteiger partial charge in [-0.1, -0.05) is 49.4 Å². The van der Waals surface area contributed by atoms with Crippen molar-refractivity contribution in [2.75, 3.05) is 0 Å². The van der Waals surface area contributed by atoms with Crippen molar-refractivity contribution in [2.45, 2.75) is 77.7 Å². The molecular formula is C28H38N4O6. The predicted molar refractivity (Wildman–Crippen MR) is 143 cm³/mol. The molecule has 4 amide bonds. The second kappa shape index (κ2) is 13.5. The fourth-order valence-corrected chi connectivity index (χ4v) is 3.84. The maximum atomic E-state index is 14.0. The number of hydrogen-bond acceptors (Lipinski definition) is 6. The molecule has 38 heavy (non-hydrogen) atoms. The lowest BCUT2D eigenvalue weighted by Crippen LogP contribution is -2.56. The normalized spacial score (nSPS) is 13.5. The monoisotopic (exact) mass is 526 g/mol. The van der Waals surface area contributed by atoms with Gasteiger partial charge in [0.2, 0.25) is 17.7 Å². The molecule has 206 valence electrons. The Bertz CT molecular complexity index is 1120. The third-order valence-corrected chi connectivity index (χ3v) is 5.74. The first-order valence-corrected chi connectivity index (χ1v) is 12.5. The topological polar surface area (TPSA) is 151 Å². The Balaban J connectivity index is 2.50. The lowest BCUT2D eigenvalue weighted by molar-refractivity contribution is -0.146. The van der Waals surface area contributed by atoms with Crippen LogP contribution in [0.4, 0.5) is 4.79 Å². The molecule has 0 aromatic heterocycles. The minimum absolute atomic E-state index is 0.0829. The van der Waals surface area contributed by atoms with Crippen LogP contribution in [-0.4, -0.2) is 51.5 Å². The summed E-state index contributed by atoms with van der Waals surface area (Å²) in [5, 5.41) is 15.5. The summed E-state index contributed by atoms with van der Waals surface area (Å²) in [6, 6.07) is 12.3. The van der Waals surface area contributed by atoms with Crippen LogP contribution in [-0.2, 0) is 25.7 Å². The van der Waals surface area contributed by atoms with Crippen LogP contribution in [0.2, 0.25) is 0 Å². The summed E-state index contributed by atoms with van der Waals surface area (Å²) in [7, 11) is 0. The number of primary amides is 1. The highest BCUT2D eigenvalue weighted by Gasteiger charge is 2.39. The average molecular weight is 527 g/mol. The van der Waals surface area contributed by atoms with Crippen molar-refractivity contribution >= 4 is 23.8 Å². The second-order valence-corrected chi connectivity index (χ2v) is 10.1. The van der Waals surface area contributed by atoms with E-state index in [0.29, 0.717) is 12.0 Å². The van der Waals surface area contributed by atoms with Crippen LogP contribution in [0.15, 0.2) is 54.6 Å². The SMILES string of the molecule is CCC(C)N(C(=O)C(CC(N)=O)NC(=O)OC(C)(C)C)C(C(=O)NCc1ccccc1)c1cccc(O)c1. The van der Waals surface area contributed by atoms with Crippen molar-refractivity contribution in [1.82, 2.24) is 15.5 Å². The summed E-state index contributed by atoms with van der Waals surface area (Å²) in [4.78, 5) is 53.3. The number of rotatable bonds is 11. The highest BCUT2D eigenvalue weighted by atomic mass is 16.6. The number of aromatic hydroxyl groups is 1. The number of ether oxygens (including phenoxy) is 1. The van der Waals surface area contributed by atoms with E-state index in [-0.39, 0.29) is 12.3 Å². The van der Waals surface area contributed by atoms with E-state index < -0.39 is 54.0 Å². The maximum Gasteiger partial charge on any atom is 0.408 e. The van der Waals surface area contributed by atoms with Crippen molar-refractivity contribution in [2.24, 2.45) is 5.73 Å². The van der Waals surface area contributed by atoms with Gasteiger partial charge in [-0.05, 0) is 57.4 Å². The molecule has 0 radical (unpaired) electrons. The van der Waals surface area contributed by atoms with Gasteiger partial charge in [-0.25, -0.2) is 4.79 Å². The van der Waals surface area contributed by atoms with Gasteiger partial charge < -0.3 is 31.1 Å². The van der Waals surface area contributed by atoms with Crippen molar-refractivity contribution < 1.29 is 29.0 Å². The molecule has 0 fully saturated rings. The zero-order valence-electron chi connectivity index (χ0n) is 22.6. The number of amides is 4. The van der Waals surface area contributed by atoms with Gasteiger partial charge in [0.25, 0.3) is 0 Å². The molecule has 0 saturated heterocycles. The van der Waals surface area contributed by atoms with E-state index in [1.54, 1.807) is 39.8 Å². The summed E-state index contributed by atoms with van der Waals surface area (Å²) >= 11 is 0. The summed E-state index contributed by atoms with van der Waals surface area (Å²) in [6.07, 6.45) is -0.935. The Kier molecular flexibility index (Phi) is 10.7. The number of hydrogen-bond donors (Lipinski definition) is 4. The van der Waals surface area contributed by atoms with Crippen LogP contribution in [0.25, 0.3) is 0 Å². The van der Waals surface area contributed by atoms with Crippen molar-refractivity contribution in [3.8, 4) is 5.75 Å². The minimum Gasteiger partial charge on any atom is -0.508 e. The van der Waals surface area contributed by atoms with Gasteiger partial charge in [-0.3, -0.25) is 14.4 Å². The molecule has 0 heterocycles. The smallest absolute Gasteiger partial charge is 0.408 e. The van der Waals surface area contributed by atoms with Crippen molar-refractivity contribution in [3.63, 3.8) is 0 Å². The van der Waals surface area contributed by atoms with Crippen LogP contribution in [0.5, 0.6) is 5.75 Å². The Morgan fingerprint density at radius 1 is 1.05 bits per heavy atom. The molecule has 2 rings (SSSR count). The molecule has 2 aromatic rings. The van der Waals surface area contributed by atoms with E-state index in [1.165, 1.54) is 17.0 Å². The molecule has 0 aliphatic heterocycles. The summed E-state index contributed by atoms with van der Waals surface area (Å²) < 4.78 is 5.28. The number of alkyl carbamates (subject to hydrolysis) is 1. The Hall–Kier alpha value is -4.08.